The first-order valence-corrected chi connectivity index (χ1v) is 14.5. The van der Waals surface area contributed by atoms with Crippen molar-refractivity contribution in [3.8, 4) is 0 Å². The summed E-state index contributed by atoms with van der Waals surface area (Å²) < 4.78 is 12.5. The van der Waals surface area contributed by atoms with E-state index in [0.29, 0.717) is 0 Å². The maximum absolute atomic E-state index is 6.26. The minimum Gasteiger partial charge on any atom is -1.00 e. The second-order valence-electron chi connectivity index (χ2n) is 12.8. The molecule has 228 valence electrons. The number of rotatable bonds is 8. The van der Waals surface area contributed by atoms with Crippen molar-refractivity contribution in [1.29, 1.82) is 0 Å². The largest absolute Gasteiger partial charge is 2.00 e. The third-order valence-corrected chi connectivity index (χ3v) is 7.62. The van der Waals surface area contributed by atoms with Crippen molar-refractivity contribution in [2.75, 3.05) is 13.2 Å². The summed E-state index contributed by atoms with van der Waals surface area (Å²) in [5.41, 5.74) is 5.28. The van der Waals surface area contributed by atoms with Gasteiger partial charge in [0.2, 0.25) is 0 Å². The molecule has 0 saturated carbocycles. The molecule has 42 heavy (non-hydrogen) atoms. The second kappa shape index (κ2) is 19.4. The molecule has 0 fully saturated rings. The van der Waals surface area contributed by atoms with Crippen LogP contribution < -0.4 is 24.8 Å². The predicted octanol–water partition coefficient (Wildman–Crippen LogP) is 3.55. The number of hydrogen-bond acceptors (Lipinski definition) is 2. The Labute approximate surface area is 300 Å². The summed E-state index contributed by atoms with van der Waals surface area (Å²) >= 11 is 0. The van der Waals surface area contributed by atoms with Crippen LogP contribution in [0.4, 0.5) is 0 Å². The molecule has 4 aliphatic rings. The topological polar surface area (TPSA) is 18.5 Å². The minimum absolute atomic E-state index is 0. The first kappa shape index (κ1) is 44.0. The average molecular weight is 681 g/mol. The summed E-state index contributed by atoms with van der Waals surface area (Å²) in [6.45, 7) is 19.3. The molecule has 0 aromatic carbocycles. The summed E-state index contributed by atoms with van der Waals surface area (Å²) in [6, 6.07) is 0. The van der Waals surface area contributed by atoms with Gasteiger partial charge in [-0.3, -0.25) is 12.2 Å². The Kier molecular flexibility index (Phi) is 20.3. The third-order valence-electron chi connectivity index (χ3n) is 7.62. The Morgan fingerprint density at radius 2 is 1.00 bits per heavy atom. The molecule has 2 atom stereocenters. The Morgan fingerprint density at radius 3 is 1.26 bits per heavy atom. The van der Waals surface area contributed by atoms with Crippen LogP contribution >= 0.6 is 0 Å². The number of allylic oxidation sites excluding steroid dienone is 10. The SMILES string of the molecule is CCOC1(CC2=[C-]CC=C2)CC=CC=C1C(C)(C)C.CCOC1(CC2=[C-]CC=C2)CC=CC=C1C(C)(C)C.[Cl-].[Cl-].[Ti+2].[Ti+2]. The van der Waals surface area contributed by atoms with E-state index in [1.54, 1.807) is 0 Å². The molecule has 0 aromatic heterocycles. The van der Waals surface area contributed by atoms with Gasteiger partial charge in [-0.2, -0.15) is 12.2 Å². The fourth-order valence-electron chi connectivity index (χ4n) is 6.26. The van der Waals surface area contributed by atoms with Crippen LogP contribution in [-0.4, -0.2) is 24.4 Å². The molecule has 0 spiro atoms. The first-order valence-electron chi connectivity index (χ1n) is 14.5. The Hall–Kier alpha value is -0.151. The van der Waals surface area contributed by atoms with Crippen molar-refractivity contribution >= 4 is 0 Å². The molecule has 4 aliphatic carbocycles. The summed E-state index contributed by atoms with van der Waals surface area (Å²) in [5.74, 6) is 0. The van der Waals surface area contributed by atoms with E-state index in [0.717, 1.165) is 51.7 Å². The van der Waals surface area contributed by atoms with Crippen LogP contribution in [0.1, 0.15) is 93.9 Å². The maximum atomic E-state index is 6.26. The molecule has 4 rings (SSSR count). The third kappa shape index (κ3) is 11.7. The van der Waals surface area contributed by atoms with Crippen LogP contribution in [0.5, 0.6) is 0 Å². The summed E-state index contributed by atoms with van der Waals surface area (Å²) in [4.78, 5) is 0. The van der Waals surface area contributed by atoms with Gasteiger partial charge in [0.05, 0.1) is 11.2 Å². The second-order valence-corrected chi connectivity index (χ2v) is 12.8. The fourth-order valence-corrected chi connectivity index (χ4v) is 6.26. The summed E-state index contributed by atoms with van der Waals surface area (Å²) in [5, 5.41) is 0. The van der Waals surface area contributed by atoms with Gasteiger partial charge in [0, 0.05) is 13.2 Å². The molecule has 0 radical (unpaired) electrons. The van der Waals surface area contributed by atoms with Crippen LogP contribution in [0.15, 0.2) is 83.1 Å². The molecule has 0 heterocycles. The average Bonchev–Trinajstić information content (AvgIpc) is 3.53. The molecular formula is C36H50Cl2O2Ti2. The monoisotopic (exact) mass is 680 g/mol. The van der Waals surface area contributed by atoms with Gasteiger partial charge in [-0.1, -0.05) is 78.0 Å². The Bertz CT molecular complexity index is 995. The van der Waals surface area contributed by atoms with E-state index in [9.17, 15) is 0 Å². The quantitative estimate of drug-likeness (QED) is 0.289. The molecule has 6 heteroatoms. The van der Waals surface area contributed by atoms with E-state index >= 15 is 0 Å². The van der Waals surface area contributed by atoms with E-state index < -0.39 is 0 Å². The van der Waals surface area contributed by atoms with Crippen molar-refractivity contribution in [3.05, 3.63) is 95.2 Å². The van der Waals surface area contributed by atoms with Gasteiger partial charge in [-0.15, -0.1) is 12.8 Å². The zero-order chi connectivity index (χ0) is 27.9. The standard InChI is InChI=1S/2C18H25O.2ClH.2Ti/c2*1-5-19-18(14-15-10-6-7-11-15)13-9-8-12-16(18)17(2,3)4;;;;/h2*6,8-10,12H,5,7,13-14H2,1-4H3;2*1H;;/q2*-1;;;2*+2/p-2. The smallest absolute Gasteiger partial charge is 1.00 e. The Balaban J connectivity index is 0. The molecular weight excluding hydrogens is 631 g/mol. The normalized spacial score (nSPS) is 24.0. The van der Waals surface area contributed by atoms with Gasteiger partial charge in [-0.05, 0) is 61.5 Å². The Morgan fingerprint density at radius 1 is 0.643 bits per heavy atom. The van der Waals surface area contributed by atoms with Gasteiger partial charge in [0.1, 0.15) is 0 Å². The van der Waals surface area contributed by atoms with Gasteiger partial charge in [0.15, 0.2) is 0 Å². The van der Waals surface area contributed by atoms with E-state index in [1.807, 2.05) is 0 Å². The van der Waals surface area contributed by atoms with E-state index in [1.165, 1.54) is 22.3 Å². The van der Waals surface area contributed by atoms with E-state index in [2.05, 4.69) is 128 Å². The van der Waals surface area contributed by atoms with Gasteiger partial charge in [-0.25, -0.2) is 23.3 Å². The molecule has 2 unspecified atom stereocenters. The van der Waals surface area contributed by atoms with Gasteiger partial charge in [0.25, 0.3) is 0 Å². The molecule has 0 saturated heterocycles. The van der Waals surface area contributed by atoms with Crippen LogP contribution in [-0.2, 0) is 52.9 Å². The molecule has 0 aromatic rings. The van der Waals surface area contributed by atoms with Crippen LogP contribution in [0, 0.1) is 23.0 Å². The van der Waals surface area contributed by atoms with E-state index in [4.69, 9.17) is 9.47 Å². The fraction of sp³-hybridized carbons (Fsp3) is 0.556. The van der Waals surface area contributed by atoms with E-state index in [-0.39, 0.29) is 90.3 Å². The van der Waals surface area contributed by atoms with Crippen LogP contribution in [0.3, 0.4) is 0 Å². The molecule has 0 aliphatic heterocycles. The van der Waals surface area contributed by atoms with Gasteiger partial charge >= 0.3 is 43.4 Å². The molecule has 2 nitrogen and oxygen atoms in total. The molecule has 0 N–H and O–H groups in total. The van der Waals surface area contributed by atoms with Crippen molar-refractivity contribution < 1.29 is 77.7 Å². The molecule has 0 amide bonds. The number of halogens is 2. The number of hydrogen-bond donors (Lipinski definition) is 0. The van der Waals surface area contributed by atoms with Crippen molar-refractivity contribution in [1.82, 2.24) is 0 Å². The van der Waals surface area contributed by atoms with Crippen molar-refractivity contribution in [2.45, 2.75) is 105 Å². The molecule has 0 bridgehead atoms. The van der Waals surface area contributed by atoms with Gasteiger partial charge < -0.3 is 34.3 Å². The zero-order valence-corrected chi connectivity index (χ0v) is 31.6. The maximum Gasteiger partial charge on any atom is 2.00 e. The first-order chi connectivity index (χ1) is 18.0. The van der Waals surface area contributed by atoms with Crippen molar-refractivity contribution in [2.24, 2.45) is 10.8 Å². The summed E-state index contributed by atoms with van der Waals surface area (Å²) in [7, 11) is 0. The van der Waals surface area contributed by atoms with Crippen molar-refractivity contribution in [3.63, 3.8) is 0 Å². The van der Waals surface area contributed by atoms with Crippen LogP contribution in [0.25, 0.3) is 0 Å². The zero-order valence-electron chi connectivity index (χ0n) is 27.0. The predicted molar refractivity (Wildman–Crippen MR) is 162 cm³/mol. The number of ether oxygens (including phenoxy) is 2. The minimum atomic E-state index is -0.182. The summed E-state index contributed by atoms with van der Waals surface area (Å²) in [6.07, 6.45) is 34.6. The van der Waals surface area contributed by atoms with Crippen LogP contribution in [0.2, 0.25) is 0 Å².